The molecular weight excluding hydrogens is 306 g/mol. The SMILES string of the molecule is CC(=O)SC1CC(=O)N(c2cnc(Br)cn2)C1. The topological polar surface area (TPSA) is 63.2 Å². The van der Waals surface area contributed by atoms with Gasteiger partial charge in [-0.2, -0.15) is 0 Å². The highest BCUT2D eigenvalue weighted by molar-refractivity contribution is 9.10. The van der Waals surface area contributed by atoms with E-state index in [1.54, 1.807) is 17.3 Å². The summed E-state index contributed by atoms with van der Waals surface area (Å²) in [5.41, 5.74) is 0. The predicted molar refractivity (Wildman–Crippen MR) is 68.8 cm³/mol. The van der Waals surface area contributed by atoms with Gasteiger partial charge < -0.3 is 0 Å². The molecule has 1 atom stereocenters. The van der Waals surface area contributed by atoms with Crippen molar-refractivity contribution < 1.29 is 9.59 Å². The zero-order valence-electron chi connectivity index (χ0n) is 9.09. The molecule has 1 aromatic heterocycles. The van der Waals surface area contributed by atoms with Crippen LogP contribution in [0.3, 0.4) is 0 Å². The number of nitrogens with zero attached hydrogens (tertiary/aromatic N) is 3. The molecular formula is C10H10BrN3O2S. The van der Waals surface area contributed by atoms with Crippen molar-refractivity contribution in [2.45, 2.75) is 18.6 Å². The van der Waals surface area contributed by atoms with Gasteiger partial charge in [0.1, 0.15) is 4.60 Å². The van der Waals surface area contributed by atoms with Crippen LogP contribution in [0.4, 0.5) is 5.82 Å². The van der Waals surface area contributed by atoms with Gasteiger partial charge in [0, 0.05) is 25.1 Å². The van der Waals surface area contributed by atoms with Gasteiger partial charge in [-0.05, 0) is 15.9 Å². The fourth-order valence-electron chi connectivity index (χ4n) is 1.65. The summed E-state index contributed by atoms with van der Waals surface area (Å²) in [6, 6.07) is 0. The lowest BCUT2D eigenvalue weighted by Gasteiger charge is -2.14. The Kier molecular flexibility index (Phi) is 3.78. The van der Waals surface area contributed by atoms with E-state index in [9.17, 15) is 9.59 Å². The van der Waals surface area contributed by atoms with Crippen LogP contribution in [0, 0.1) is 0 Å². The summed E-state index contributed by atoms with van der Waals surface area (Å²) < 4.78 is 0.627. The summed E-state index contributed by atoms with van der Waals surface area (Å²) in [4.78, 5) is 32.5. The lowest BCUT2D eigenvalue weighted by atomic mass is 10.4. The van der Waals surface area contributed by atoms with Gasteiger partial charge in [-0.3, -0.25) is 14.5 Å². The zero-order valence-corrected chi connectivity index (χ0v) is 11.5. The van der Waals surface area contributed by atoms with Crippen LogP contribution in [0.1, 0.15) is 13.3 Å². The molecule has 0 N–H and O–H groups in total. The van der Waals surface area contributed by atoms with Crippen LogP contribution >= 0.6 is 27.7 Å². The van der Waals surface area contributed by atoms with E-state index in [-0.39, 0.29) is 16.3 Å². The number of thioether (sulfide) groups is 1. The molecule has 1 saturated heterocycles. The van der Waals surface area contributed by atoms with Gasteiger partial charge in [-0.15, -0.1) is 0 Å². The molecule has 0 spiro atoms. The van der Waals surface area contributed by atoms with Crippen LogP contribution in [-0.2, 0) is 9.59 Å². The maximum Gasteiger partial charge on any atom is 0.229 e. The molecule has 1 aliphatic rings. The van der Waals surface area contributed by atoms with Crippen molar-refractivity contribution in [2.75, 3.05) is 11.4 Å². The number of halogens is 1. The van der Waals surface area contributed by atoms with Crippen LogP contribution < -0.4 is 4.90 Å². The first kappa shape index (κ1) is 12.5. The Balaban J connectivity index is 2.10. The Hall–Kier alpha value is -0.950. The third-order valence-electron chi connectivity index (χ3n) is 2.31. The number of aromatic nitrogens is 2. The van der Waals surface area contributed by atoms with Crippen molar-refractivity contribution in [1.29, 1.82) is 0 Å². The van der Waals surface area contributed by atoms with Crippen LogP contribution in [0.2, 0.25) is 0 Å². The fourth-order valence-corrected chi connectivity index (χ4v) is 2.78. The fraction of sp³-hybridized carbons (Fsp3) is 0.400. The standard InChI is InChI=1S/C10H10BrN3O2S/c1-6(15)17-7-2-10(16)14(5-7)9-4-12-8(11)3-13-9/h3-4,7H,2,5H2,1H3. The molecule has 17 heavy (non-hydrogen) atoms. The van der Waals surface area contributed by atoms with Crippen molar-refractivity contribution in [3.8, 4) is 0 Å². The van der Waals surface area contributed by atoms with Gasteiger partial charge in [-0.1, -0.05) is 11.8 Å². The number of anilines is 1. The summed E-state index contributed by atoms with van der Waals surface area (Å²) >= 11 is 4.40. The van der Waals surface area contributed by atoms with E-state index in [4.69, 9.17) is 0 Å². The molecule has 0 aliphatic carbocycles. The van der Waals surface area contributed by atoms with Gasteiger partial charge >= 0.3 is 0 Å². The highest BCUT2D eigenvalue weighted by Crippen LogP contribution is 2.27. The van der Waals surface area contributed by atoms with Crippen LogP contribution in [-0.4, -0.2) is 32.8 Å². The highest BCUT2D eigenvalue weighted by atomic mass is 79.9. The van der Waals surface area contributed by atoms with Crippen molar-refractivity contribution in [1.82, 2.24) is 9.97 Å². The Labute approximate surface area is 111 Å². The van der Waals surface area contributed by atoms with E-state index in [0.29, 0.717) is 23.4 Å². The number of carbonyl (C=O) groups excluding carboxylic acids is 2. The minimum atomic E-state index is -0.0135. The van der Waals surface area contributed by atoms with E-state index >= 15 is 0 Å². The Morgan fingerprint density at radius 3 is 2.88 bits per heavy atom. The molecule has 7 heteroatoms. The largest absolute Gasteiger partial charge is 0.294 e. The molecule has 1 amide bonds. The maximum atomic E-state index is 11.8. The van der Waals surface area contributed by atoms with Crippen LogP contribution in [0.5, 0.6) is 0 Å². The van der Waals surface area contributed by atoms with E-state index in [1.807, 2.05) is 0 Å². The van der Waals surface area contributed by atoms with Gasteiger partial charge in [0.2, 0.25) is 5.91 Å². The Morgan fingerprint density at radius 2 is 2.29 bits per heavy atom. The lowest BCUT2D eigenvalue weighted by Crippen LogP contribution is -2.26. The van der Waals surface area contributed by atoms with Crippen LogP contribution in [0.15, 0.2) is 17.0 Å². The van der Waals surface area contributed by atoms with Crippen molar-refractivity contribution in [3.63, 3.8) is 0 Å². The maximum absolute atomic E-state index is 11.8. The molecule has 0 bridgehead atoms. The predicted octanol–water partition coefficient (Wildman–Crippen LogP) is 1.62. The average molecular weight is 316 g/mol. The number of amides is 1. The smallest absolute Gasteiger partial charge is 0.229 e. The first-order valence-electron chi connectivity index (χ1n) is 5.01. The zero-order chi connectivity index (χ0) is 12.4. The molecule has 90 valence electrons. The number of hydrogen-bond donors (Lipinski definition) is 0. The minimum absolute atomic E-state index is 0.0135. The Bertz CT molecular complexity index is 451. The Morgan fingerprint density at radius 1 is 1.53 bits per heavy atom. The monoisotopic (exact) mass is 315 g/mol. The minimum Gasteiger partial charge on any atom is -0.294 e. The van der Waals surface area contributed by atoms with E-state index in [1.165, 1.54) is 18.7 Å². The first-order chi connectivity index (χ1) is 8.06. The molecule has 1 unspecified atom stereocenters. The molecule has 0 saturated carbocycles. The third kappa shape index (κ3) is 3.04. The van der Waals surface area contributed by atoms with Crippen molar-refractivity contribution in [2.24, 2.45) is 0 Å². The lowest BCUT2D eigenvalue weighted by molar-refractivity contribution is -0.117. The second kappa shape index (κ2) is 5.14. The van der Waals surface area contributed by atoms with E-state index < -0.39 is 0 Å². The van der Waals surface area contributed by atoms with Crippen LogP contribution in [0.25, 0.3) is 0 Å². The summed E-state index contributed by atoms with van der Waals surface area (Å²) in [5.74, 6) is 0.519. The van der Waals surface area contributed by atoms with Crippen molar-refractivity contribution >= 4 is 44.5 Å². The van der Waals surface area contributed by atoms with Gasteiger partial charge in [-0.25, -0.2) is 9.97 Å². The summed E-state index contributed by atoms with van der Waals surface area (Å²) in [5, 5.41) is 0.0528. The first-order valence-corrected chi connectivity index (χ1v) is 6.68. The molecule has 0 aromatic carbocycles. The van der Waals surface area contributed by atoms with Gasteiger partial charge in [0.25, 0.3) is 0 Å². The molecule has 1 aromatic rings. The molecule has 5 nitrogen and oxygen atoms in total. The van der Waals surface area contributed by atoms with E-state index in [0.717, 1.165) is 0 Å². The summed E-state index contributed by atoms with van der Waals surface area (Å²) in [6.45, 7) is 2.02. The van der Waals surface area contributed by atoms with Gasteiger partial charge in [0.05, 0.1) is 12.4 Å². The second-order valence-electron chi connectivity index (χ2n) is 3.64. The second-order valence-corrected chi connectivity index (χ2v) is 5.93. The number of hydrogen-bond acceptors (Lipinski definition) is 5. The molecule has 1 fully saturated rings. The van der Waals surface area contributed by atoms with E-state index in [2.05, 4.69) is 25.9 Å². The number of rotatable bonds is 2. The normalized spacial score (nSPS) is 19.8. The third-order valence-corrected chi connectivity index (χ3v) is 3.70. The highest BCUT2D eigenvalue weighted by Gasteiger charge is 2.32. The summed E-state index contributed by atoms with van der Waals surface area (Å²) in [6.07, 6.45) is 3.47. The molecule has 0 radical (unpaired) electrons. The number of carbonyl (C=O) groups is 2. The van der Waals surface area contributed by atoms with Gasteiger partial charge in [0.15, 0.2) is 10.9 Å². The summed E-state index contributed by atoms with van der Waals surface area (Å²) in [7, 11) is 0. The quantitative estimate of drug-likeness (QED) is 0.830. The molecule has 1 aliphatic heterocycles. The average Bonchev–Trinajstić information content (AvgIpc) is 2.59. The molecule has 2 rings (SSSR count). The molecule has 2 heterocycles. The van der Waals surface area contributed by atoms with Crippen molar-refractivity contribution in [3.05, 3.63) is 17.0 Å².